The van der Waals surface area contributed by atoms with Gasteiger partial charge in [0.15, 0.2) is 5.78 Å². The van der Waals surface area contributed by atoms with Gasteiger partial charge in [-0.2, -0.15) is 0 Å². The van der Waals surface area contributed by atoms with E-state index in [1.54, 1.807) is 19.2 Å². The van der Waals surface area contributed by atoms with E-state index in [2.05, 4.69) is 10.0 Å². The van der Waals surface area contributed by atoms with Gasteiger partial charge in [-0.1, -0.05) is 17.2 Å². The number of fused-ring (bicyclic) bond motifs is 1. The minimum atomic E-state index is -0.576. The number of aromatic hydroxyl groups is 3. The van der Waals surface area contributed by atoms with E-state index < -0.39 is 6.10 Å². The number of carbonyl (C=O) groups excluding carboxylic acids is 1. The molecule has 1 aliphatic rings. The molecule has 0 aliphatic carbocycles. The molecule has 0 amide bonds. The van der Waals surface area contributed by atoms with Crippen molar-refractivity contribution in [2.45, 2.75) is 19.1 Å². The Hall–Kier alpha value is -3.50. The predicted molar refractivity (Wildman–Crippen MR) is 122 cm³/mol. The molecule has 0 radical (unpaired) electrons. The lowest BCUT2D eigenvalue weighted by molar-refractivity contribution is 0.0428. The van der Waals surface area contributed by atoms with Crippen LogP contribution in [0.4, 0.5) is 0 Å². The summed E-state index contributed by atoms with van der Waals surface area (Å²) in [6.07, 6.45) is -0.544. The highest BCUT2D eigenvalue weighted by atomic mass is 16.5. The van der Waals surface area contributed by atoms with Crippen molar-refractivity contribution in [3.8, 4) is 23.0 Å². The van der Waals surface area contributed by atoms with Gasteiger partial charge in [0, 0.05) is 30.6 Å². The predicted octanol–water partition coefficient (Wildman–Crippen LogP) is 3.29. The fourth-order valence-electron chi connectivity index (χ4n) is 3.57. The van der Waals surface area contributed by atoms with Gasteiger partial charge < -0.3 is 29.5 Å². The van der Waals surface area contributed by atoms with Crippen LogP contribution in [0, 0.1) is 0 Å². The number of rotatable bonds is 12. The van der Waals surface area contributed by atoms with Crippen molar-refractivity contribution in [1.29, 1.82) is 0 Å². The molecule has 0 saturated carbocycles. The van der Waals surface area contributed by atoms with Gasteiger partial charge in [-0.05, 0) is 30.3 Å². The average molecular weight is 472 g/mol. The molecule has 0 bridgehead atoms. The molecule has 182 valence electrons. The first kappa shape index (κ1) is 25.1. The summed E-state index contributed by atoms with van der Waals surface area (Å²) in [4.78, 5) is 17.3. The van der Waals surface area contributed by atoms with Gasteiger partial charge in [0.25, 0.3) is 0 Å². The molecule has 11 nitrogen and oxygen atoms in total. The quantitative estimate of drug-likeness (QED) is 0.184. The monoisotopic (exact) mass is 472 g/mol. The Kier molecular flexibility index (Phi) is 8.94. The van der Waals surface area contributed by atoms with E-state index in [1.165, 1.54) is 18.2 Å². The van der Waals surface area contributed by atoms with Gasteiger partial charge in [-0.25, -0.2) is 0 Å². The number of ketones is 1. The average Bonchev–Trinajstić information content (AvgIpc) is 2.80. The largest absolute Gasteiger partial charge is 0.508 e. The van der Waals surface area contributed by atoms with Crippen LogP contribution in [0.2, 0.25) is 0 Å². The second kappa shape index (κ2) is 12.1. The molecule has 3 N–H and O–H groups in total. The lowest BCUT2D eigenvalue weighted by Crippen LogP contribution is -2.25. The number of ether oxygens (including phenoxy) is 3. The summed E-state index contributed by atoms with van der Waals surface area (Å²) in [6.45, 7) is 2.49. The number of benzene rings is 2. The Bertz CT molecular complexity index is 1040. The van der Waals surface area contributed by atoms with Crippen LogP contribution in [-0.4, -0.2) is 72.6 Å². The van der Waals surface area contributed by atoms with E-state index in [0.29, 0.717) is 38.5 Å². The molecule has 1 unspecified atom stereocenters. The normalized spacial score (nSPS) is 15.0. The van der Waals surface area contributed by atoms with Crippen molar-refractivity contribution >= 4 is 5.78 Å². The standard InChI is InChI=1S/C23H28N4O7/c1-27(7-9-33-11-10-32-8-6-25-26-24)14-17-18(29)12-21-22(23(17)31)19(30)13-20(34-21)15-2-4-16(28)5-3-15/h2-5,12,20,28-29,31H,6-11,13-14H2,1H3. The van der Waals surface area contributed by atoms with Crippen LogP contribution in [-0.2, 0) is 16.0 Å². The molecular weight excluding hydrogens is 444 g/mol. The third-order valence-corrected chi connectivity index (χ3v) is 5.35. The van der Waals surface area contributed by atoms with E-state index in [1.807, 2.05) is 4.90 Å². The first-order chi connectivity index (χ1) is 16.4. The Morgan fingerprint density at radius 2 is 1.85 bits per heavy atom. The zero-order valence-corrected chi connectivity index (χ0v) is 18.9. The van der Waals surface area contributed by atoms with Crippen LogP contribution in [0.5, 0.6) is 23.0 Å². The Labute approximate surface area is 196 Å². The molecule has 1 aliphatic heterocycles. The minimum absolute atomic E-state index is 0.0319. The zero-order chi connectivity index (χ0) is 24.5. The van der Waals surface area contributed by atoms with Gasteiger partial charge in [-0.3, -0.25) is 9.69 Å². The van der Waals surface area contributed by atoms with E-state index in [0.717, 1.165) is 0 Å². The van der Waals surface area contributed by atoms with Crippen molar-refractivity contribution in [1.82, 2.24) is 4.90 Å². The van der Waals surface area contributed by atoms with Crippen molar-refractivity contribution in [3.05, 3.63) is 57.5 Å². The Morgan fingerprint density at radius 3 is 2.56 bits per heavy atom. The van der Waals surface area contributed by atoms with Gasteiger partial charge in [-0.15, -0.1) is 0 Å². The first-order valence-corrected chi connectivity index (χ1v) is 10.8. The molecule has 0 aromatic heterocycles. The summed E-state index contributed by atoms with van der Waals surface area (Å²) in [6, 6.07) is 7.70. The molecule has 34 heavy (non-hydrogen) atoms. The number of nitrogens with zero attached hydrogens (tertiary/aromatic N) is 4. The van der Waals surface area contributed by atoms with E-state index >= 15 is 0 Å². The molecule has 1 heterocycles. The maximum absolute atomic E-state index is 12.8. The smallest absolute Gasteiger partial charge is 0.174 e. The second-order valence-electron chi connectivity index (χ2n) is 7.84. The number of carbonyl (C=O) groups is 1. The fourth-order valence-corrected chi connectivity index (χ4v) is 3.57. The molecule has 3 rings (SSSR count). The minimum Gasteiger partial charge on any atom is -0.508 e. The number of hydrogen-bond donors (Lipinski definition) is 3. The second-order valence-corrected chi connectivity index (χ2v) is 7.84. The Morgan fingerprint density at radius 1 is 1.15 bits per heavy atom. The maximum Gasteiger partial charge on any atom is 0.174 e. The zero-order valence-electron chi connectivity index (χ0n) is 18.9. The van der Waals surface area contributed by atoms with Crippen LogP contribution in [0.1, 0.15) is 34.0 Å². The highest BCUT2D eigenvalue weighted by molar-refractivity contribution is 6.03. The summed E-state index contributed by atoms with van der Waals surface area (Å²) >= 11 is 0. The van der Waals surface area contributed by atoms with Gasteiger partial charge in [0.2, 0.25) is 0 Å². The van der Waals surface area contributed by atoms with Crippen molar-refractivity contribution in [3.63, 3.8) is 0 Å². The lowest BCUT2D eigenvalue weighted by atomic mass is 9.93. The molecule has 1 atom stereocenters. The Balaban J connectivity index is 1.55. The van der Waals surface area contributed by atoms with Gasteiger partial charge >= 0.3 is 0 Å². The van der Waals surface area contributed by atoms with E-state index in [9.17, 15) is 20.1 Å². The molecule has 0 spiro atoms. The summed E-state index contributed by atoms with van der Waals surface area (Å²) in [7, 11) is 1.80. The molecule has 11 heteroatoms. The molecule has 2 aromatic rings. The lowest BCUT2D eigenvalue weighted by Gasteiger charge is -2.28. The maximum atomic E-state index is 12.8. The van der Waals surface area contributed by atoms with Crippen LogP contribution >= 0.6 is 0 Å². The third kappa shape index (κ3) is 6.52. The number of azide groups is 1. The number of phenols is 3. The number of hydrogen-bond acceptors (Lipinski definition) is 9. The highest BCUT2D eigenvalue weighted by Gasteiger charge is 2.32. The van der Waals surface area contributed by atoms with E-state index in [4.69, 9.17) is 19.7 Å². The summed E-state index contributed by atoms with van der Waals surface area (Å²) in [5.74, 6) is -0.512. The van der Waals surface area contributed by atoms with Crippen LogP contribution in [0.15, 0.2) is 35.4 Å². The van der Waals surface area contributed by atoms with Crippen molar-refractivity contribution < 1.29 is 34.3 Å². The molecule has 0 fully saturated rings. The van der Waals surface area contributed by atoms with Gasteiger partial charge in [0.1, 0.15) is 34.7 Å². The van der Waals surface area contributed by atoms with Crippen LogP contribution < -0.4 is 4.74 Å². The summed E-state index contributed by atoms with van der Waals surface area (Å²) in [5, 5.41) is 34.1. The van der Waals surface area contributed by atoms with Gasteiger partial charge in [0.05, 0.1) is 38.4 Å². The summed E-state index contributed by atoms with van der Waals surface area (Å²) < 4.78 is 16.6. The molecule has 2 aromatic carbocycles. The van der Waals surface area contributed by atoms with Crippen LogP contribution in [0.25, 0.3) is 10.4 Å². The summed E-state index contributed by atoms with van der Waals surface area (Å²) in [5.41, 5.74) is 9.18. The number of likely N-dealkylation sites (N-methyl/N-ethyl adjacent to an activating group) is 1. The van der Waals surface area contributed by atoms with E-state index in [-0.39, 0.29) is 59.4 Å². The van der Waals surface area contributed by atoms with Crippen LogP contribution in [0.3, 0.4) is 0 Å². The van der Waals surface area contributed by atoms with Crippen molar-refractivity contribution in [2.75, 3.05) is 46.6 Å². The first-order valence-electron chi connectivity index (χ1n) is 10.8. The third-order valence-electron chi connectivity index (χ3n) is 5.35. The highest BCUT2D eigenvalue weighted by Crippen LogP contribution is 2.44. The molecular formula is C23H28N4O7. The fraction of sp³-hybridized carbons (Fsp3) is 0.435. The number of Topliss-reactive ketones (excluding diaryl/α,β-unsaturated/α-hetero) is 1. The van der Waals surface area contributed by atoms with Crippen molar-refractivity contribution in [2.24, 2.45) is 5.11 Å². The SMILES string of the molecule is CN(CCOCCOCCN=[N+]=[N-])Cc1c(O)cc2c(c1O)C(=O)CC(c1ccc(O)cc1)O2. The topological polar surface area (TPSA) is 157 Å². The number of phenolic OH excluding ortho intramolecular Hbond substituents is 3. The molecule has 0 saturated heterocycles.